The molecule has 19 heavy (non-hydrogen) atoms. The van der Waals surface area contributed by atoms with Crippen LogP contribution in [0.25, 0.3) is 0 Å². The number of anilines is 2. The molecule has 1 aromatic rings. The van der Waals surface area contributed by atoms with Crippen molar-refractivity contribution >= 4 is 21.4 Å². The van der Waals surface area contributed by atoms with Gasteiger partial charge >= 0.3 is 0 Å². The van der Waals surface area contributed by atoms with Gasteiger partial charge in [0.05, 0.1) is 22.9 Å². The Hall–Kier alpha value is -1.35. The van der Waals surface area contributed by atoms with Crippen LogP contribution in [0.1, 0.15) is 6.42 Å². The molecule has 2 rings (SSSR count). The summed E-state index contributed by atoms with van der Waals surface area (Å²) >= 11 is 0. The fourth-order valence-electron chi connectivity index (χ4n) is 1.86. The number of ether oxygens (including phenoxy) is 1. The summed E-state index contributed by atoms with van der Waals surface area (Å²) in [6, 6.07) is 4.14. The lowest BCUT2D eigenvalue weighted by atomic mass is 10.0. The molecule has 0 aliphatic carbocycles. The largest absolute Gasteiger partial charge is 0.397 e. The molecule has 1 fully saturated rings. The van der Waals surface area contributed by atoms with E-state index in [2.05, 4.69) is 5.32 Å². The molecule has 0 bridgehead atoms. The number of sulfonamides is 1. The van der Waals surface area contributed by atoms with E-state index in [0.29, 0.717) is 24.4 Å². The first-order valence-electron chi connectivity index (χ1n) is 5.77. The highest BCUT2D eigenvalue weighted by Crippen LogP contribution is 2.24. The maximum atomic E-state index is 11.3. The van der Waals surface area contributed by atoms with Gasteiger partial charge in [0.2, 0.25) is 10.0 Å². The third-order valence-corrected chi connectivity index (χ3v) is 3.95. The number of aliphatic hydroxyl groups is 1. The number of rotatable bonds is 4. The maximum absolute atomic E-state index is 11.3. The summed E-state index contributed by atoms with van der Waals surface area (Å²) in [6.45, 7) is 0.977. The highest BCUT2D eigenvalue weighted by Gasteiger charge is 2.32. The lowest BCUT2D eigenvalue weighted by Gasteiger charge is -2.22. The minimum absolute atomic E-state index is 0.0288. The van der Waals surface area contributed by atoms with Crippen LogP contribution in [0.15, 0.2) is 23.1 Å². The van der Waals surface area contributed by atoms with Gasteiger partial charge in [-0.25, -0.2) is 13.6 Å². The van der Waals surface area contributed by atoms with Crippen LogP contribution >= 0.6 is 0 Å². The average molecular weight is 287 g/mol. The Morgan fingerprint density at radius 1 is 1.47 bits per heavy atom. The van der Waals surface area contributed by atoms with E-state index < -0.39 is 15.6 Å². The SMILES string of the molecule is Nc1ccc(S(N)(=O)=O)cc1NCC1(O)CCOC1. The zero-order valence-corrected chi connectivity index (χ0v) is 11.1. The Bertz CT molecular complexity index is 567. The van der Waals surface area contributed by atoms with Gasteiger partial charge in [-0.2, -0.15) is 0 Å². The van der Waals surface area contributed by atoms with Gasteiger partial charge in [0, 0.05) is 19.6 Å². The van der Waals surface area contributed by atoms with Crippen LogP contribution in [0.2, 0.25) is 0 Å². The fourth-order valence-corrected chi connectivity index (χ4v) is 2.40. The third-order valence-electron chi connectivity index (χ3n) is 3.04. The zero-order chi connectivity index (χ0) is 14.1. The second-order valence-corrected chi connectivity index (χ2v) is 6.24. The molecule has 1 unspecified atom stereocenters. The van der Waals surface area contributed by atoms with Gasteiger partial charge in [-0.15, -0.1) is 0 Å². The van der Waals surface area contributed by atoms with Gasteiger partial charge < -0.3 is 20.9 Å². The molecule has 8 heteroatoms. The normalized spacial score (nSPS) is 23.5. The van der Waals surface area contributed by atoms with Crippen molar-refractivity contribution in [2.45, 2.75) is 16.9 Å². The molecule has 0 amide bonds. The van der Waals surface area contributed by atoms with E-state index in [9.17, 15) is 13.5 Å². The minimum atomic E-state index is -3.78. The van der Waals surface area contributed by atoms with Crippen molar-refractivity contribution in [3.63, 3.8) is 0 Å². The quantitative estimate of drug-likeness (QED) is 0.552. The van der Waals surface area contributed by atoms with E-state index >= 15 is 0 Å². The molecule has 0 aromatic heterocycles. The predicted molar refractivity (Wildman–Crippen MR) is 71.1 cm³/mol. The number of hydrogen-bond donors (Lipinski definition) is 4. The number of hydrogen-bond acceptors (Lipinski definition) is 6. The second-order valence-electron chi connectivity index (χ2n) is 4.67. The molecule has 1 aliphatic rings. The number of nitrogen functional groups attached to an aromatic ring is 1. The summed E-state index contributed by atoms with van der Waals surface area (Å²) in [5.74, 6) is 0. The van der Waals surface area contributed by atoms with E-state index in [1.807, 2.05) is 0 Å². The Morgan fingerprint density at radius 3 is 2.79 bits per heavy atom. The topological polar surface area (TPSA) is 128 Å². The van der Waals surface area contributed by atoms with Crippen molar-refractivity contribution in [2.24, 2.45) is 5.14 Å². The first kappa shape index (κ1) is 14.1. The average Bonchev–Trinajstić information content (AvgIpc) is 2.74. The van der Waals surface area contributed by atoms with Gasteiger partial charge in [0.25, 0.3) is 0 Å². The van der Waals surface area contributed by atoms with Gasteiger partial charge in [-0.05, 0) is 18.2 Å². The lowest BCUT2D eigenvalue weighted by Crippen LogP contribution is -2.37. The predicted octanol–water partition coefficient (Wildman–Crippen LogP) is -0.520. The highest BCUT2D eigenvalue weighted by molar-refractivity contribution is 7.89. The van der Waals surface area contributed by atoms with E-state index in [1.165, 1.54) is 18.2 Å². The summed E-state index contributed by atoms with van der Waals surface area (Å²) in [6.07, 6.45) is 0.523. The fraction of sp³-hybridized carbons (Fsp3) is 0.455. The van der Waals surface area contributed by atoms with Crippen LogP contribution in [0.5, 0.6) is 0 Å². The molecule has 1 saturated heterocycles. The van der Waals surface area contributed by atoms with Crippen LogP contribution in [0, 0.1) is 0 Å². The summed E-state index contributed by atoms with van der Waals surface area (Å²) in [5, 5.41) is 18.1. The molecular formula is C11H17N3O4S. The van der Waals surface area contributed by atoms with Crippen LogP contribution < -0.4 is 16.2 Å². The third kappa shape index (κ3) is 3.35. The molecule has 1 aromatic carbocycles. The molecule has 6 N–H and O–H groups in total. The van der Waals surface area contributed by atoms with Crippen molar-refractivity contribution in [2.75, 3.05) is 30.8 Å². The van der Waals surface area contributed by atoms with Crippen molar-refractivity contribution in [3.8, 4) is 0 Å². The van der Waals surface area contributed by atoms with Crippen LogP contribution in [0.4, 0.5) is 11.4 Å². The molecule has 0 spiro atoms. The molecule has 1 atom stereocenters. The lowest BCUT2D eigenvalue weighted by molar-refractivity contribution is 0.0382. The first-order valence-corrected chi connectivity index (χ1v) is 7.31. The number of benzene rings is 1. The molecular weight excluding hydrogens is 270 g/mol. The zero-order valence-electron chi connectivity index (χ0n) is 10.3. The minimum Gasteiger partial charge on any atom is -0.397 e. The summed E-state index contributed by atoms with van der Waals surface area (Å²) in [5.41, 5.74) is 5.60. The van der Waals surface area contributed by atoms with Gasteiger partial charge in [0.15, 0.2) is 0 Å². The van der Waals surface area contributed by atoms with Gasteiger partial charge in [-0.1, -0.05) is 0 Å². The number of nitrogens with two attached hydrogens (primary N) is 2. The Kier molecular flexibility index (Phi) is 3.68. The molecule has 0 radical (unpaired) electrons. The summed E-state index contributed by atoms with van der Waals surface area (Å²) in [4.78, 5) is -0.0288. The van der Waals surface area contributed by atoms with E-state index in [1.54, 1.807) is 0 Å². The van der Waals surface area contributed by atoms with Crippen LogP contribution in [0.3, 0.4) is 0 Å². The van der Waals surface area contributed by atoms with Crippen LogP contribution in [-0.2, 0) is 14.8 Å². The Labute approximate surface area is 111 Å². The van der Waals surface area contributed by atoms with Crippen molar-refractivity contribution in [3.05, 3.63) is 18.2 Å². The van der Waals surface area contributed by atoms with Crippen molar-refractivity contribution in [1.29, 1.82) is 0 Å². The van der Waals surface area contributed by atoms with Gasteiger partial charge in [0.1, 0.15) is 5.60 Å². The standard InChI is InChI=1S/C11H17N3O4S/c12-9-2-1-8(19(13,16)17)5-10(9)14-6-11(15)3-4-18-7-11/h1-2,5,14-15H,3-4,6-7,12H2,(H2,13,16,17). The van der Waals surface area contributed by atoms with Gasteiger partial charge in [-0.3, -0.25) is 0 Å². The van der Waals surface area contributed by atoms with E-state index in [0.717, 1.165) is 0 Å². The monoisotopic (exact) mass is 287 g/mol. The summed E-state index contributed by atoms with van der Waals surface area (Å²) < 4.78 is 27.6. The molecule has 0 saturated carbocycles. The van der Waals surface area contributed by atoms with Crippen LogP contribution in [-0.4, -0.2) is 38.9 Å². The molecule has 106 valence electrons. The smallest absolute Gasteiger partial charge is 0.238 e. The number of nitrogens with one attached hydrogen (secondary N) is 1. The highest BCUT2D eigenvalue weighted by atomic mass is 32.2. The molecule has 7 nitrogen and oxygen atoms in total. The van der Waals surface area contributed by atoms with Crippen molar-refractivity contribution < 1.29 is 18.3 Å². The second kappa shape index (κ2) is 4.97. The molecule has 1 aliphatic heterocycles. The van der Waals surface area contributed by atoms with Crippen molar-refractivity contribution in [1.82, 2.24) is 0 Å². The molecule has 1 heterocycles. The Balaban J connectivity index is 2.15. The summed E-state index contributed by atoms with van der Waals surface area (Å²) in [7, 11) is -3.78. The van der Waals surface area contributed by atoms with E-state index in [4.69, 9.17) is 15.6 Å². The maximum Gasteiger partial charge on any atom is 0.238 e. The Morgan fingerprint density at radius 2 is 2.21 bits per heavy atom. The number of primary sulfonamides is 1. The van der Waals surface area contributed by atoms with E-state index in [-0.39, 0.29) is 18.0 Å². The first-order chi connectivity index (χ1) is 8.80.